The van der Waals surface area contributed by atoms with Gasteiger partial charge in [-0.1, -0.05) is 12.1 Å². The summed E-state index contributed by atoms with van der Waals surface area (Å²) in [5.41, 5.74) is 1.04. The van der Waals surface area contributed by atoms with Crippen molar-refractivity contribution in [2.45, 2.75) is 13.0 Å². The molecule has 0 heterocycles. The Kier molecular flexibility index (Phi) is 3.08. The smallest absolute Gasteiger partial charge is 0.118 e. The summed E-state index contributed by atoms with van der Waals surface area (Å²) < 4.78 is 5.01. The van der Waals surface area contributed by atoms with Gasteiger partial charge in [0, 0.05) is 0 Å². The van der Waals surface area contributed by atoms with E-state index >= 15 is 0 Å². The van der Waals surface area contributed by atoms with Crippen LogP contribution in [0.25, 0.3) is 0 Å². The molecule has 12 heavy (non-hydrogen) atoms. The third-order valence-corrected chi connectivity index (χ3v) is 1.79. The summed E-state index contributed by atoms with van der Waals surface area (Å²) in [4.78, 5) is 4.67. The number of hydrogen-bond acceptors (Lipinski definition) is 3. The summed E-state index contributed by atoms with van der Waals surface area (Å²) in [7, 11) is 1.64. The summed E-state index contributed by atoms with van der Waals surface area (Å²) in [5, 5.41) is 0. The standard InChI is InChI=1S/C9H13NO2/c1-7(12-10)8-3-5-9(11-2)6-4-8/h3-7H,10H2,1-2H3. The second kappa shape index (κ2) is 4.09. The third-order valence-electron chi connectivity index (χ3n) is 1.79. The summed E-state index contributed by atoms with van der Waals surface area (Å²) in [5.74, 6) is 5.88. The van der Waals surface area contributed by atoms with E-state index in [1.165, 1.54) is 0 Å². The number of ether oxygens (including phenoxy) is 1. The largest absolute Gasteiger partial charge is 0.497 e. The molecule has 0 bridgehead atoms. The lowest BCUT2D eigenvalue weighted by Gasteiger charge is -2.08. The predicted octanol–water partition coefficient (Wildman–Crippen LogP) is 1.65. The molecule has 0 saturated carbocycles. The van der Waals surface area contributed by atoms with Crippen molar-refractivity contribution in [3.05, 3.63) is 29.8 Å². The molecule has 0 amide bonds. The minimum Gasteiger partial charge on any atom is -0.497 e. The van der Waals surface area contributed by atoms with Crippen molar-refractivity contribution in [2.75, 3.05) is 7.11 Å². The first-order valence-electron chi connectivity index (χ1n) is 3.77. The van der Waals surface area contributed by atoms with Crippen molar-refractivity contribution in [3.8, 4) is 5.75 Å². The quantitative estimate of drug-likeness (QED) is 0.696. The maximum atomic E-state index is 5.04. The molecule has 0 aliphatic heterocycles. The highest BCUT2D eigenvalue weighted by Crippen LogP contribution is 2.18. The van der Waals surface area contributed by atoms with E-state index < -0.39 is 0 Å². The maximum Gasteiger partial charge on any atom is 0.118 e. The number of benzene rings is 1. The Labute approximate surface area is 72.0 Å². The Balaban J connectivity index is 2.77. The molecule has 66 valence electrons. The molecular formula is C9H13NO2. The minimum atomic E-state index is -0.0732. The third kappa shape index (κ3) is 1.96. The first-order chi connectivity index (χ1) is 5.77. The first kappa shape index (κ1) is 9.03. The van der Waals surface area contributed by atoms with Crippen LogP contribution in [0.5, 0.6) is 5.75 Å². The van der Waals surface area contributed by atoms with Crippen LogP contribution in [0.3, 0.4) is 0 Å². The van der Waals surface area contributed by atoms with Crippen molar-refractivity contribution in [3.63, 3.8) is 0 Å². The van der Waals surface area contributed by atoms with E-state index in [9.17, 15) is 0 Å². The highest BCUT2D eigenvalue weighted by molar-refractivity contribution is 5.28. The van der Waals surface area contributed by atoms with E-state index in [-0.39, 0.29) is 6.10 Å². The Morgan fingerprint density at radius 1 is 1.25 bits per heavy atom. The van der Waals surface area contributed by atoms with Crippen LogP contribution < -0.4 is 10.6 Å². The summed E-state index contributed by atoms with van der Waals surface area (Å²) in [6, 6.07) is 7.61. The molecule has 1 rings (SSSR count). The summed E-state index contributed by atoms with van der Waals surface area (Å²) >= 11 is 0. The number of methoxy groups -OCH3 is 1. The van der Waals surface area contributed by atoms with Crippen molar-refractivity contribution in [1.29, 1.82) is 0 Å². The lowest BCUT2D eigenvalue weighted by molar-refractivity contribution is 0.0664. The van der Waals surface area contributed by atoms with Crippen LogP contribution in [-0.4, -0.2) is 7.11 Å². The van der Waals surface area contributed by atoms with Gasteiger partial charge in [0.05, 0.1) is 7.11 Å². The van der Waals surface area contributed by atoms with Gasteiger partial charge in [-0.3, -0.25) is 4.84 Å². The second-order valence-corrected chi connectivity index (χ2v) is 2.55. The Bertz CT molecular complexity index is 233. The van der Waals surface area contributed by atoms with Gasteiger partial charge in [-0.2, -0.15) is 0 Å². The lowest BCUT2D eigenvalue weighted by atomic mass is 10.1. The highest BCUT2D eigenvalue weighted by Gasteiger charge is 2.02. The van der Waals surface area contributed by atoms with Crippen LogP contribution in [0.4, 0.5) is 0 Å². The Morgan fingerprint density at radius 3 is 2.25 bits per heavy atom. The summed E-state index contributed by atoms with van der Waals surface area (Å²) in [6.07, 6.45) is -0.0732. The summed E-state index contributed by atoms with van der Waals surface area (Å²) in [6.45, 7) is 1.89. The van der Waals surface area contributed by atoms with Crippen LogP contribution in [0.1, 0.15) is 18.6 Å². The van der Waals surface area contributed by atoms with E-state index in [2.05, 4.69) is 4.84 Å². The van der Waals surface area contributed by atoms with Gasteiger partial charge in [-0.05, 0) is 24.6 Å². The van der Waals surface area contributed by atoms with E-state index in [0.717, 1.165) is 11.3 Å². The molecule has 0 aliphatic rings. The molecule has 0 aliphatic carbocycles. The van der Waals surface area contributed by atoms with E-state index in [4.69, 9.17) is 10.6 Å². The molecule has 0 fully saturated rings. The maximum absolute atomic E-state index is 5.04. The molecule has 1 atom stereocenters. The van der Waals surface area contributed by atoms with Crippen molar-refractivity contribution >= 4 is 0 Å². The normalized spacial score (nSPS) is 12.6. The lowest BCUT2D eigenvalue weighted by Crippen LogP contribution is -2.04. The van der Waals surface area contributed by atoms with Crippen molar-refractivity contribution in [1.82, 2.24) is 0 Å². The zero-order valence-electron chi connectivity index (χ0n) is 7.28. The molecule has 2 N–H and O–H groups in total. The van der Waals surface area contributed by atoms with Gasteiger partial charge in [0.2, 0.25) is 0 Å². The zero-order valence-corrected chi connectivity index (χ0v) is 7.28. The van der Waals surface area contributed by atoms with Crippen molar-refractivity contribution < 1.29 is 9.57 Å². The molecule has 0 radical (unpaired) electrons. The molecule has 3 nitrogen and oxygen atoms in total. The minimum absolute atomic E-state index is 0.0732. The molecule has 0 spiro atoms. The first-order valence-corrected chi connectivity index (χ1v) is 3.77. The van der Waals surface area contributed by atoms with Crippen LogP contribution >= 0.6 is 0 Å². The second-order valence-electron chi connectivity index (χ2n) is 2.55. The van der Waals surface area contributed by atoms with Crippen molar-refractivity contribution in [2.24, 2.45) is 5.90 Å². The molecule has 0 aromatic heterocycles. The number of rotatable bonds is 3. The van der Waals surface area contributed by atoms with Crippen LogP contribution in [0.15, 0.2) is 24.3 Å². The van der Waals surface area contributed by atoms with Gasteiger partial charge in [0.25, 0.3) is 0 Å². The van der Waals surface area contributed by atoms with Gasteiger partial charge < -0.3 is 4.74 Å². The highest BCUT2D eigenvalue weighted by atomic mass is 16.6. The van der Waals surface area contributed by atoms with E-state index in [0.29, 0.717) is 0 Å². The van der Waals surface area contributed by atoms with Gasteiger partial charge in [0.15, 0.2) is 0 Å². The van der Waals surface area contributed by atoms with E-state index in [1.54, 1.807) is 7.11 Å². The SMILES string of the molecule is COc1ccc(C(C)ON)cc1. The molecule has 0 saturated heterocycles. The average molecular weight is 167 g/mol. The number of hydrogen-bond donors (Lipinski definition) is 1. The molecule has 1 aromatic rings. The number of nitrogens with two attached hydrogens (primary N) is 1. The van der Waals surface area contributed by atoms with Gasteiger partial charge in [0.1, 0.15) is 11.9 Å². The van der Waals surface area contributed by atoms with E-state index in [1.807, 2.05) is 31.2 Å². The molecule has 1 unspecified atom stereocenters. The topological polar surface area (TPSA) is 44.5 Å². The average Bonchev–Trinajstić information content (AvgIpc) is 2.17. The Morgan fingerprint density at radius 2 is 1.83 bits per heavy atom. The molecule has 1 aromatic carbocycles. The van der Waals surface area contributed by atoms with Gasteiger partial charge in [-0.25, -0.2) is 5.90 Å². The monoisotopic (exact) mass is 167 g/mol. The van der Waals surface area contributed by atoms with Crippen LogP contribution in [0, 0.1) is 0 Å². The molecular weight excluding hydrogens is 154 g/mol. The zero-order chi connectivity index (χ0) is 8.97. The molecule has 3 heteroatoms. The fraction of sp³-hybridized carbons (Fsp3) is 0.333. The van der Waals surface area contributed by atoms with Crippen LogP contribution in [0.2, 0.25) is 0 Å². The fourth-order valence-electron chi connectivity index (χ4n) is 0.953. The van der Waals surface area contributed by atoms with Gasteiger partial charge in [-0.15, -0.1) is 0 Å². The Hall–Kier alpha value is -1.06. The predicted molar refractivity (Wildman–Crippen MR) is 46.7 cm³/mol. The fourth-order valence-corrected chi connectivity index (χ4v) is 0.953. The van der Waals surface area contributed by atoms with Gasteiger partial charge >= 0.3 is 0 Å². The van der Waals surface area contributed by atoms with Crippen LogP contribution in [-0.2, 0) is 4.84 Å².